The van der Waals surface area contributed by atoms with Gasteiger partial charge >= 0.3 is 0 Å². The van der Waals surface area contributed by atoms with Crippen molar-refractivity contribution in [3.05, 3.63) is 23.8 Å². The number of thiocarbonyl (C=S) groups is 1. The quantitative estimate of drug-likeness (QED) is 0.839. The van der Waals surface area contributed by atoms with Crippen LogP contribution in [-0.2, 0) is 4.74 Å². The van der Waals surface area contributed by atoms with Gasteiger partial charge in [-0.05, 0) is 25.1 Å². The summed E-state index contributed by atoms with van der Waals surface area (Å²) >= 11 is 4.98. The van der Waals surface area contributed by atoms with Crippen LogP contribution in [-0.4, -0.2) is 30.9 Å². The van der Waals surface area contributed by atoms with Gasteiger partial charge in [-0.15, -0.1) is 0 Å². The maximum atomic E-state index is 5.98. The third-order valence-electron chi connectivity index (χ3n) is 2.99. The van der Waals surface area contributed by atoms with Crippen LogP contribution in [0.1, 0.15) is 25.3 Å². The van der Waals surface area contributed by atoms with Gasteiger partial charge in [0.1, 0.15) is 11.1 Å². The van der Waals surface area contributed by atoms with Gasteiger partial charge in [0.05, 0.1) is 19.8 Å². The lowest BCUT2D eigenvalue weighted by molar-refractivity contribution is 0.0243. The first-order valence-corrected chi connectivity index (χ1v) is 6.92. The van der Waals surface area contributed by atoms with Crippen molar-refractivity contribution >= 4 is 17.2 Å². The van der Waals surface area contributed by atoms with E-state index < -0.39 is 0 Å². The summed E-state index contributed by atoms with van der Waals surface area (Å²) in [5.74, 6) is 1.44. The van der Waals surface area contributed by atoms with Crippen LogP contribution in [0.2, 0.25) is 0 Å². The second kappa shape index (κ2) is 6.73. The summed E-state index contributed by atoms with van der Waals surface area (Å²) in [5.41, 5.74) is 6.42. The minimum absolute atomic E-state index is 0.184. The molecule has 2 rings (SSSR count). The van der Waals surface area contributed by atoms with E-state index in [9.17, 15) is 0 Å². The Bertz CT molecular complexity index is 444. The topological polar surface area (TPSA) is 53.7 Å². The standard InChI is InChI=1S/C14H19NO3S/c1-2-17-13-9-10(14(15)19)3-4-12(13)18-11-5-7-16-8-6-11/h3-4,9,11H,2,5-8H2,1H3,(H2,15,19). The second-order valence-corrected chi connectivity index (χ2v) is 4.83. The van der Waals surface area contributed by atoms with Gasteiger partial charge < -0.3 is 19.9 Å². The summed E-state index contributed by atoms with van der Waals surface area (Å²) < 4.78 is 16.9. The van der Waals surface area contributed by atoms with E-state index in [0.717, 1.165) is 37.4 Å². The molecule has 19 heavy (non-hydrogen) atoms. The van der Waals surface area contributed by atoms with Gasteiger partial charge in [0.15, 0.2) is 11.5 Å². The molecule has 1 heterocycles. The Morgan fingerprint density at radius 1 is 1.37 bits per heavy atom. The largest absolute Gasteiger partial charge is 0.490 e. The van der Waals surface area contributed by atoms with Crippen molar-refractivity contribution in [1.82, 2.24) is 0 Å². The van der Waals surface area contributed by atoms with Gasteiger partial charge in [-0.25, -0.2) is 0 Å². The van der Waals surface area contributed by atoms with Crippen molar-refractivity contribution in [3.8, 4) is 11.5 Å². The summed E-state index contributed by atoms with van der Waals surface area (Å²) in [6.45, 7) is 4.01. The number of ether oxygens (including phenoxy) is 3. The highest BCUT2D eigenvalue weighted by atomic mass is 32.1. The Kier molecular flexibility index (Phi) is 4.99. The molecule has 1 fully saturated rings. The molecule has 0 amide bonds. The third-order valence-corrected chi connectivity index (χ3v) is 3.23. The second-order valence-electron chi connectivity index (χ2n) is 4.39. The highest BCUT2D eigenvalue weighted by Crippen LogP contribution is 2.30. The SMILES string of the molecule is CCOc1cc(C(N)=S)ccc1OC1CCOCC1. The van der Waals surface area contributed by atoms with Gasteiger partial charge in [-0.3, -0.25) is 0 Å². The highest BCUT2D eigenvalue weighted by molar-refractivity contribution is 7.80. The van der Waals surface area contributed by atoms with Crippen molar-refractivity contribution in [3.63, 3.8) is 0 Å². The number of benzene rings is 1. The van der Waals surface area contributed by atoms with Crippen molar-refractivity contribution in [1.29, 1.82) is 0 Å². The monoisotopic (exact) mass is 281 g/mol. The van der Waals surface area contributed by atoms with Crippen LogP contribution < -0.4 is 15.2 Å². The van der Waals surface area contributed by atoms with Crippen LogP contribution in [0.3, 0.4) is 0 Å². The van der Waals surface area contributed by atoms with Crippen molar-refractivity contribution in [2.45, 2.75) is 25.9 Å². The summed E-state index contributed by atoms with van der Waals surface area (Å²) in [5, 5.41) is 0. The molecule has 0 unspecified atom stereocenters. The summed E-state index contributed by atoms with van der Waals surface area (Å²) in [4.78, 5) is 0.360. The predicted molar refractivity (Wildman–Crippen MR) is 78.0 cm³/mol. The van der Waals surface area contributed by atoms with E-state index in [1.54, 1.807) is 0 Å². The molecule has 0 aromatic heterocycles. The minimum atomic E-state index is 0.184. The minimum Gasteiger partial charge on any atom is -0.490 e. The zero-order chi connectivity index (χ0) is 13.7. The van der Waals surface area contributed by atoms with E-state index >= 15 is 0 Å². The average molecular weight is 281 g/mol. The Labute approximate surface area is 118 Å². The molecule has 104 valence electrons. The molecule has 5 heteroatoms. The van der Waals surface area contributed by atoms with Crippen LogP contribution in [0.25, 0.3) is 0 Å². The molecule has 0 atom stereocenters. The van der Waals surface area contributed by atoms with Crippen LogP contribution >= 0.6 is 12.2 Å². The van der Waals surface area contributed by atoms with E-state index in [1.807, 2.05) is 25.1 Å². The van der Waals surface area contributed by atoms with Crippen LogP contribution in [0, 0.1) is 0 Å². The molecule has 1 saturated heterocycles. The molecule has 0 radical (unpaired) electrons. The zero-order valence-electron chi connectivity index (χ0n) is 11.1. The number of hydrogen-bond acceptors (Lipinski definition) is 4. The lowest BCUT2D eigenvalue weighted by Crippen LogP contribution is -2.26. The highest BCUT2D eigenvalue weighted by Gasteiger charge is 2.17. The smallest absolute Gasteiger partial charge is 0.161 e. The molecular formula is C14H19NO3S. The number of hydrogen-bond donors (Lipinski definition) is 1. The molecule has 1 aromatic rings. The molecule has 4 nitrogen and oxygen atoms in total. The normalized spacial score (nSPS) is 16.1. The van der Waals surface area contributed by atoms with E-state index in [4.69, 9.17) is 32.2 Å². The Balaban J connectivity index is 2.15. The molecule has 0 spiro atoms. The van der Waals surface area contributed by atoms with E-state index in [-0.39, 0.29) is 6.10 Å². The first-order valence-electron chi connectivity index (χ1n) is 6.51. The first-order chi connectivity index (χ1) is 9.20. The van der Waals surface area contributed by atoms with Crippen molar-refractivity contribution in [2.75, 3.05) is 19.8 Å². The van der Waals surface area contributed by atoms with E-state index in [1.165, 1.54) is 0 Å². The molecule has 1 aliphatic rings. The molecular weight excluding hydrogens is 262 g/mol. The van der Waals surface area contributed by atoms with Crippen molar-refractivity contribution < 1.29 is 14.2 Å². The molecule has 1 aliphatic heterocycles. The Morgan fingerprint density at radius 3 is 2.74 bits per heavy atom. The Morgan fingerprint density at radius 2 is 2.11 bits per heavy atom. The lowest BCUT2D eigenvalue weighted by atomic mass is 10.1. The Hall–Kier alpha value is -1.33. The summed E-state index contributed by atoms with van der Waals surface area (Å²) in [6, 6.07) is 5.56. The molecule has 0 saturated carbocycles. The zero-order valence-corrected chi connectivity index (χ0v) is 11.9. The van der Waals surface area contributed by atoms with Gasteiger partial charge in [0.25, 0.3) is 0 Å². The fourth-order valence-electron chi connectivity index (χ4n) is 2.00. The molecule has 0 aliphatic carbocycles. The maximum Gasteiger partial charge on any atom is 0.161 e. The number of rotatable bonds is 5. The lowest BCUT2D eigenvalue weighted by Gasteiger charge is -2.24. The van der Waals surface area contributed by atoms with Gasteiger partial charge in [-0.1, -0.05) is 12.2 Å². The molecule has 1 aromatic carbocycles. The first kappa shape index (κ1) is 14.1. The van der Waals surface area contributed by atoms with Crippen molar-refractivity contribution in [2.24, 2.45) is 5.73 Å². The molecule has 2 N–H and O–H groups in total. The van der Waals surface area contributed by atoms with E-state index in [0.29, 0.717) is 17.3 Å². The third kappa shape index (κ3) is 3.81. The molecule has 0 bridgehead atoms. The van der Waals surface area contributed by atoms with E-state index in [2.05, 4.69) is 0 Å². The summed E-state index contributed by atoms with van der Waals surface area (Å²) in [6.07, 6.45) is 1.99. The maximum absolute atomic E-state index is 5.98. The summed E-state index contributed by atoms with van der Waals surface area (Å²) in [7, 11) is 0. The fraction of sp³-hybridized carbons (Fsp3) is 0.500. The van der Waals surface area contributed by atoms with Gasteiger partial charge in [0, 0.05) is 18.4 Å². The predicted octanol–water partition coefficient (Wildman–Crippen LogP) is 2.28. The number of nitrogens with two attached hydrogens (primary N) is 1. The average Bonchev–Trinajstić information content (AvgIpc) is 2.42. The van der Waals surface area contributed by atoms with Crippen LogP contribution in [0.4, 0.5) is 0 Å². The van der Waals surface area contributed by atoms with Gasteiger partial charge in [-0.2, -0.15) is 0 Å². The van der Waals surface area contributed by atoms with Crippen LogP contribution in [0.15, 0.2) is 18.2 Å². The van der Waals surface area contributed by atoms with Crippen LogP contribution in [0.5, 0.6) is 11.5 Å². The fourth-order valence-corrected chi connectivity index (χ4v) is 2.13. The van der Waals surface area contributed by atoms with Gasteiger partial charge in [0.2, 0.25) is 0 Å².